The van der Waals surface area contributed by atoms with Gasteiger partial charge in [-0.2, -0.15) is 0 Å². The number of hydrogen-bond acceptors (Lipinski definition) is 6. The number of thiazole rings is 1. The molecule has 0 bridgehead atoms. The maximum absolute atomic E-state index is 12.2. The van der Waals surface area contributed by atoms with Crippen LogP contribution in [0.5, 0.6) is 0 Å². The van der Waals surface area contributed by atoms with Crippen LogP contribution in [0.2, 0.25) is 0 Å². The standard InChI is InChI=1S/C20H27N3O3S/c1-7-26-18(25)20(5,6)21-10-16(24)23-19-22-15(11-27-19)17-13(3)8-12(2)9-14(17)4/h8-9,11,21H,7,10H2,1-6H3,(H,22,23,24). The zero-order valence-corrected chi connectivity index (χ0v) is 17.5. The number of aryl methyl sites for hydroxylation is 3. The zero-order chi connectivity index (χ0) is 20.2. The molecule has 0 aliphatic carbocycles. The van der Waals surface area contributed by atoms with Gasteiger partial charge in [-0.25, -0.2) is 4.98 Å². The van der Waals surface area contributed by atoms with Crippen LogP contribution in [0, 0.1) is 20.8 Å². The summed E-state index contributed by atoms with van der Waals surface area (Å²) >= 11 is 1.38. The topological polar surface area (TPSA) is 80.3 Å². The number of benzene rings is 1. The van der Waals surface area contributed by atoms with Crippen LogP contribution < -0.4 is 10.6 Å². The third-order valence-electron chi connectivity index (χ3n) is 4.16. The van der Waals surface area contributed by atoms with Crippen molar-refractivity contribution in [3.05, 3.63) is 34.2 Å². The molecule has 6 nitrogen and oxygen atoms in total. The first-order valence-corrected chi connectivity index (χ1v) is 9.78. The first kappa shape index (κ1) is 21.1. The second-order valence-corrected chi connectivity index (χ2v) is 7.92. The fourth-order valence-corrected chi connectivity index (χ4v) is 3.60. The van der Waals surface area contributed by atoms with E-state index in [1.54, 1.807) is 20.8 Å². The molecule has 0 unspecified atom stereocenters. The molecule has 1 aromatic carbocycles. The summed E-state index contributed by atoms with van der Waals surface area (Å²) in [7, 11) is 0. The molecule has 0 aliphatic rings. The largest absolute Gasteiger partial charge is 0.465 e. The minimum atomic E-state index is -0.933. The van der Waals surface area contributed by atoms with Gasteiger partial charge in [0.25, 0.3) is 0 Å². The molecule has 0 saturated heterocycles. The molecular weight excluding hydrogens is 362 g/mol. The molecule has 2 rings (SSSR count). The number of esters is 1. The Morgan fingerprint density at radius 2 is 1.81 bits per heavy atom. The van der Waals surface area contributed by atoms with Gasteiger partial charge in [0.1, 0.15) is 5.54 Å². The number of carbonyl (C=O) groups excluding carboxylic acids is 2. The van der Waals surface area contributed by atoms with Gasteiger partial charge < -0.3 is 10.1 Å². The van der Waals surface area contributed by atoms with Crippen LogP contribution in [-0.4, -0.2) is 35.6 Å². The lowest BCUT2D eigenvalue weighted by Gasteiger charge is -2.23. The maximum Gasteiger partial charge on any atom is 0.325 e. The fraction of sp³-hybridized carbons (Fsp3) is 0.450. The van der Waals surface area contributed by atoms with E-state index in [2.05, 4.69) is 48.5 Å². The van der Waals surface area contributed by atoms with Crippen molar-refractivity contribution in [3.63, 3.8) is 0 Å². The second kappa shape index (κ2) is 8.63. The molecule has 2 aromatic rings. The van der Waals surface area contributed by atoms with E-state index < -0.39 is 5.54 Å². The van der Waals surface area contributed by atoms with Crippen molar-refractivity contribution in [2.75, 3.05) is 18.5 Å². The number of rotatable bonds is 7. The fourth-order valence-electron chi connectivity index (χ4n) is 2.88. The van der Waals surface area contributed by atoms with Crippen molar-refractivity contribution in [2.45, 2.75) is 47.1 Å². The highest BCUT2D eigenvalue weighted by Gasteiger charge is 2.29. The Balaban J connectivity index is 2.02. The van der Waals surface area contributed by atoms with Crippen molar-refractivity contribution >= 4 is 28.3 Å². The number of hydrogen-bond donors (Lipinski definition) is 2. The van der Waals surface area contributed by atoms with Crippen LogP contribution >= 0.6 is 11.3 Å². The van der Waals surface area contributed by atoms with Gasteiger partial charge in [0.15, 0.2) is 5.13 Å². The third-order valence-corrected chi connectivity index (χ3v) is 4.92. The van der Waals surface area contributed by atoms with E-state index in [4.69, 9.17) is 4.74 Å². The summed E-state index contributed by atoms with van der Waals surface area (Å²) in [4.78, 5) is 28.6. The third kappa shape index (κ3) is 5.37. The van der Waals surface area contributed by atoms with Gasteiger partial charge in [-0.15, -0.1) is 11.3 Å². The quantitative estimate of drug-likeness (QED) is 0.707. The van der Waals surface area contributed by atoms with Crippen LogP contribution in [0.3, 0.4) is 0 Å². The summed E-state index contributed by atoms with van der Waals surface area (Å²) in [6.45, 7) is 11.6. The molecule has 146 valence electrons. The number of ether oxygens (including phenoxy) is 1. The molecule has 1 aromatic heterocycles. The van der Waals surface area contributed by atoms with E-state index >= 15 is 0 Å². The number of anilines is 1. The van der Waals surface area contributed by atoms with Gasteiger partial charge in [0.05, 0.1) is 18.8 Å². The van der Waals surface area contributed by atoms with E-state index in [1.807, 2.05) is 5.38 Å². The lowest BCUT2D eigenvalue weighted by molar-refractivity contribution is -0.149. The first-order valence-electron chi connectivity index (χ1n) is 8.90. The molecular formula is C20H27N3O3S. The van der Waals surface area contributed by atoms with E-state index in [9.17, 15) is 9.59 Å². The Bertz CT molecular complexity index is 820. The highest BCUT2D eigenvalue weighted by atomic mass is 32.1. The van der Waals surface area contributed by atoms with Gasteiger partial charge in [-0.05, 0) is 52.7 Å². The number of amides is 1. The van der Waals surface area contributed by atoms with Crippen molar-refractivity contribution < 1.29 is 14.3 Å². The average Bonchev–Trinajstić information content (AvgIpc) is 3.00. The Hall–Kier alpha value is -2.25. The summed E-state index contributed by atoms with van der Waals surface area (Å²) in [6, 6.07) is 4.25. The van der Waals surface area contributed by atoms with Crippen LogP contribution in [0.4, 0.5) is 5.13 Å². The van der Waals surface area contributed by atoms with Crippen LogP contribution in [0.25, 0.3) is 11.3 Å². The van der Waals surface area contributed by atoms with Gasteiger partial charge in [0.2, 0.25) is 5.91 Å². The summed E-state index contributed by atoms with van der Waals surface area (Å²) < 4.78 is 5.00. The molecule has 0 saturated carbocycles. The van der Waals surface area contributed by atoms with E-state index in [0.29, 0.717) is 11.7 Å². The minimum Gasteiger partial charge on any atom is -0.465 e. The molecule has 1 amide bonds. The number of aromatic nitrogens is 1. The molecule has 2 N–H and O–H groups in total. The molecule has 7 heteroatoms. The molecule has 0 radical (unpaired) electrons. The van der Waals surface area contributed by atoms with Gasteiger partial charge in [-0.1, -0.05) is 17.7 Å². The number of nitrogens with zero attached hydrogens (tertiary/aromatic N) is 1. The van der Waals surface area contributed by atoms with Crippen LogP contribution in [0.15, 0.2) is 17.5 Å². The van der Waals surface area contributed by atoms with Gasteiger partial charge >= 0.3 is 5.97 Å². The summed E-state index contributed by atoms with van der Waals surface area (Å²) in [5, 5.41) is 8.17. The summed E-state index contributed by atoms with van der Waals surface area (Å²) in [5.41, 5.74) is 4.55. The average molecular weight is 390 g/mol. The summed E-state index contributed by atoms with van der Waals surface area (Å²) in [6.07, 6.45) is 0. The van der Waals surface area contributed by atoms with Crippen molar-refractivity contribution in [2.24, 2.45) is 0 Å². The molecule has 0 fully saturated rings. The SMILES string of the molecule is CCOC(=O)C(C)(C)NCC(=O)Nc1nc(-c2c(C)cc(C)cc2C)cs1. The molecule has 0 atom stereocenters. The first-order chi connectivity index (χ1) is 12.6. The van der Waals surface area contributed by atoms with Crippen LogP contribution in [0.1, 0.15) is 37.5 Å². The monoisotopic (exact) mass is 389 g/mol. The second-order valence-electron chi connectivity index (χ2n) is 7.06. The highest BCUT2D eigenvalue weighted by molar-refractivity contribution is 7.14. The zero-order valence-electron chi connectivity index (χ0n) is 16.7. The lowest BCUT2D eigenvalue weighted by atomic mass is 9.98. The molecule has 27 heavy (non-hydrogen) atoms. The smallest absolute Gasteiger partial charge is 0.325 e. The van der Waals surface area contributed by atoms with E-state index in [0.717, 1.165) is 22.4 Å². The van der Waals surface area contributed by atoms with E-state index in [1.165, 1.54) is 16.9 Å². The van der Waals surface area contributed by atoms with Crippen molar-refractivity contribution in [1.82, 2.24) is 10.3 Å². The Morgan fingerprint density at radius 3 is 2.41 bits per heavy atom. The predicted molar refractivity (Wildman–Crippen MR) is 109 cm³/mol. The molecule has 1 heterocycles. The Morgan fingerprint density at radius 1 is 1.19 bits per heavy atom. The normalized spacial score (nSPS) is 11.3. The van der Waals surface area contributed by atoms with Crippen LogP contribution in [-0.2, 0) is 14.3 Å². The molecule has 0 spiro atoms. The Kier molecular flexibility index (Phi) is 6.73. The number of nitrogens with one attached hydrogen (secondary N) is 2. The Labute approximate surface area is 164 Å². The highest BCUT2D eigenvalue weighted by Crippen LogP contribution is 2.31. The lowest BCUT2D eigenvalue weighted by Crippen LogP contribution is -2.50. The van der Waals surface area contributed by atoms with E-state index in [-0.39, 0.29) is 18.4 Å². The molecule has 0 aliphatic heterocycles. The van der Waals surface area contributed by atoms with Gasteiger partial charge in [0, 0.05) is 10.9 Å². The van der Waals surface area contributed by atoms with Gasteiger partial charge in [-0.3, -0.25) is 14.9 Å². The van der Waals surface area contributed by atoms with Crippen molar-refractivity contribution in [1.29, 1.82) is 0 Å². The number of carbonyl (C=O) groups is 2. The summed E-state index contributed by atoms with van der Waals surface area (Å²) in [5.74, 6) is -0.648. The van der Waals surface area contributed by atoms with Crippen molar-refractivity contribution in [3.8, 4) is 11.3 Å². The predicted octanol–water partition coefficient (Wildman–Crippen LogP) is 3.61. The minimum absolute atomic E-state index is 0.0106. The maximum atomic E-state index is 12.2.